The van der Waals surface area contributed by atoms with E-state index in [1.807, 2.05) is 26.8 Å². The average molecular weight is 375 g/mol. The lowest BCUT2D eigenvalue weighted by molar-refractivity contribution is -0.150. The number of rotatable bonds is 12. The van der Waals surface area contributed by atoms with E-state index in [0.717, 1.165) is 31.3 Å². The van der Waals surface area contributed by atoms with Gasteiger partial charge in [0, 0.05) is 0 Å². The van der Waals surface area contributed by atoms with Crippen molar-refractivity contribution in [2.45, 2.75) is 80.6 Å². The van der Waals surface area contributed by atoms with E-state index >= 15 is 0 Å². The molecule has 0 aliphatic heterocycles. The van der Waals surface area contributed by atoms with Crippen LogP contribution >= 0.6 is 0 Å². The van der Waals surface area contributed by atoms with Gasteiger partial charge in [0.1, 0.15) is 12.5 Å². The highest BCUT2D eigenvalue weighted by atomic mass is 16.5. The van der Waals surface area contributed by atoms with Gasteiger partial charge >= 0.3 is 5.97 Å². The van der Waals surface area contributed by atoms with Crippen molar-refractivity contribution < 1.29 is 14.3 Å². The Hall–Kier alpha value is -1.90. The molecule has 1 unspecified atom stereocenters. The first-order chi connectivity index (χ1) is 12.7. The predicted octanol–water partition coefficient (Wildman–Crippen LogP) is 6.51. The number of hydrogen-bond acceptors (Lipinski definition) is 3. The highest BCUT2D eigenvalue weighted by Gasteiger charge is 2.24. The second-order valence-corrected chi connectivity index (χ2v) is 7.67. The lowest BCUT2D eigenvalue weighted by atomic mass is 9.98. The molecule has 0 bridgehead atoms. The van der Waals surface area contributed by atoms with Crippen molar-refractivity contribution in [1.29, 1.82) is 0 Å². The van der Waals surface area contributed by atoms with Gasteiger partial charge in [-0.2, -0.15) is 0 Å². The lowest BCUT2D eigenvalue weighted by Crippen LogP contribution is -2.24. The summed E-state index contributed by atoms with van der Waals surface area (Å²) in [7, 11) is 0. The summed E-state index contributed by atoms with van der Waals surface area (Å²) in [6, 6.07) is 0. The molecule has 0 aromatic rings. The first-order valence-electron chi connectivity index (χ1n) is 9.97. The normalized spacial score (nSPS) is 13.0. The van der Waals surface area contributed by atoms with Crippen LogP contribution in [0.25, 0.3) is 0 Å². The van der Waals surface area contributed by atoms with Crippen LogP contribution in [0.1, 0.15) is 80.6 Å². The maximum Gasteiger partial charge on any atom is 0.317 e. The van der Waals surface area contributed by atoms with Crippen LogP contribution in [0, 0.1) is 5.92 Å². The molecule has 0 fully saturated rings. The lowest BCUT2D eigenvalue weighted by Gasteiger charge is -2.11. The zero-order valence-electron chi connectivity index (χ0n) is 18.4. The zero-order valence-corrected chi connectivity index (χ0v) is 18.4. The van der Waals surface area contributed by atoms with Crippen LogP contribution in [0.2, 0.25) is 0 Å². The zero-order chi connectivity index (χ0) is 20.8. The summed E-state index contributed by atoms with van der Waals surface area (Å²) >= 11 is 0. The minimum atomic E-state index is -0.706. The Bertz CT molecular complexity index is 595. The number of esters is 1. The van der Waals surface area contributed by atoms with Gasteiger partial charge in [0.05, 0.1) is 0 Å². The molecule has 1 atom stereocenters. The molecule has 0 N–H and O–H groups in total. The van der Waals surface area contributed by atoms with Gasteiger partial charge in [-0.05, 0) is 85.8 Å². The Labute approximate surface area is 166 Å². The molecule has 3 nitrogen and oxygen atoms in total. The maximum absolute atomic E-state index is 12.4. The summed E-state index contributed by atoms with van der Waals surface area (Å²) in [5.41, 5.74) is 4.77. The molecular weight excluding hydrogens is 336 g/mol. The van der Waals surface area contributed by atoms with Gasteiger partial charge in [-0.3, -0.25) is 9.59 Å². The van der Waals surface area contributed by atoms with Crippen molar-refractivity contribution in [2.75, 3.05) is 6.61 Å². The molecule has 3 heteroatoms. The Kier molecular flexibility index (Phi) is 13.2. The van der Waals surface area contributed by atoms with Crippen molar-refractivity contribution in [3.05, 3.63) is 46.6 Å². The van der Waals surface area contributed by atoms with Crippen LogP contribution in [0.5, 0.6) is 0 Å². The molecule has 0 aliphatic rings. The molecule has 0 spiro atoms. The van der Waals surface area contributed by atoms with Crippen LogP contribution in [-0.4, -0.2) is 18.4 Å². The number of ether oxygens (including phenoxy) is 1. The summed E-state index contributed by atoms with van der Waals surface area (Å²) in [5.74, 6) is -1.28. The summed E-state index contributed by atoms with van der Waals surface area (Å²) < 4.78 is 5.32. The Morgan fingerprint density at radius 2 is 1.33 bits per heavy atom. The fourth-order valence-corrected chi connectivity index (χ4v) is 2.55. The summed E-state index contributed by atoms with van der Waals surface area (Å²) in [6.45, 7) is 14.3. The molecule has 0 aromatic heterocycles. The van der Waals surface area contributed by atoms with E-state index in [4.69, 9.17) is 4.74 Å². The van der Waals surface area contributed by atoms with E-state index < -0.39 is 11.9 Å². The third-order valence-electron chi connectivity index (χ3n) is 4.26. The van der Waals surface area contributed by atoms with Crippen molar-refractivity contribution in [1.82, 2.24) is 0 Å². The Balaban J connectivity index is 4.57. The molecule has 0 saturated heterocycles. The third kappa shape index (κ3) is 13.0. The number of carbonyl (C=O) groups excluding carboxylic acids is 2. The number of hydrogen-bond donors (Lipinski definition) is 0. The summed E-state index contributed by atoms with van der Waals surface area (Å²) in [6.07, 6.45) is 12.0. The Morgan fingerprint density at radius 1 is 0.815 bits per heavy atom. The number of allylic oxidation sites excluding steroid dienone is 7. The average Bonchev–Trinajstić information content (AvgIpc) is 2.54. The van der Waals surface area contributed by atoms with E-state index in [9.17, 15) is 9.59 Å². The van der Waals surface area contributed by atoms with E-state index in [0.29, 0.717) is 6.42 Å². The van der Waals surface area contributed by atoms with Crippen molar-refractivity contribution in [3.8, 4) is 0 Å². The maximum atomic E-state index is 12.4. The van der Waals surface area contributed by atoms with E-state index in [1.54, 1.807) is 6.08 Å². The van der Waals surface area contributed by atoms with Gasteiger partial charge in [0.25, 0.3) is 0 Å². The van der Waals surface area contributed by atoms with Crippen molar-refractivity contribution in [2.24, 2.45) is 5.92 Å². The van der Waals surface area contributed by atoms with Gasteiger partial charge in [-0.25, -0.2) is 0 Å². The minimum absolute atomic E-state index is 0.151. The van der Waals surface area contributed by atoms with E-state index in [2.05, 4.69) is 39.8 Å². The molecule has 0 aromatic carbocycles. The number of ketones is 1. The van der Waals surface area contributed by atoms with E-state index in [1.165, 1.54) is 16.7 Å². The summed E-state index contributed by atoms with van der Waals surface area (Å²) in [5, 5.41) is 0. The SMILES string of the molecule is CCC(C(=O)/C=C(\C)CCC=C(C)C)C(=O)OC/C=C(\C)CCC=C(C)C. The quantitative estimate of drug-likeness (QED) is 0.169. The van der Waals surface area contributed by atoms with Gasteiger partial charge in [-0.15, -0.1) is 0 Å². The molecular formula is C24H38O3. The van der Waals surface area contributed by atoms with Crippen LogP contribution in [0.15, 0.2) is 46.6 Å². The monoisotopic (exact) mass is 374 g/mol. The smallest absolute Gasteiger partial charge is 0.317 e. The molecule has 0 radical (unpaired) electrons. The fraction of sp³-hybridized carbons (Fsp3) is 0.583. The van der Waals surface area contributed by atoms with Gasteiger partial charge in [0.2, 0.25) is 0 Å². The van der Waals surface area contributed by atoms with Crippen molar-refractivity contribution >= 4 is 11.8 Å². The Morgan fingerprint density at radius 3 is 1.81 bits per heavy atom. The van der Waals surface area contributed by atoms with Gasteiger partial charge < -0.3 is 4.74 Å². The molecule has 152 valence electrons. The van der Waals surface area contributed by atoms with E-state index in [-0.39, 0.29) is 12.4 Å². The molecule has 0 aliphatic carbocycles. The fourth-order valence-electron chi connectivity index (χ4n) is 2.55. The number of carbonyl (C=O) groups is 2. The van der Waals surface area contributed by atoms with Gasteiger partial charge in [0.15, 0.2) is 5.78 Å². The molecule has 27 heavy (non-hydrogen) atoms. The summed E-state index contributed by atoms with van der Waals surface area (Å²) in [4.78, 5) is 24.7. The second-order valence-electron chi connectivity index (χ2n) is 7.67. The van der Waals surface area contributed by atoms with Crippen molar-refractivity contribution in [3.63, 3.8) is 0 Å². The second kappa shape index (κ2) is 14.2. The molecule has 0 heterocycles. The van der Waals surface area contributed by atoms with Crippen LogP contribution in [0.4, 0.5) is 0 Å². The van der Waals surface area contributed by atoms with Gasteiger partial charge in [-0.1, -0.05) is 41.4 Å². The highest BCUT2D eigenvalue weighted by molar-refractivity contribution is 6.05. The topological polar surface area (TPSA) is 43.4 Å². The first kappa shape index (κ1) is 25.1. The van der Waals surface area contributed by atoms with Crippen LogP contribution < -0.4 is 0 Å². The predicted molar refractivity (Wildman–Crippen MR) is 115 cm³/mol. The molecule has 0 saturated carbocycles. The largest absolute Gasteiger partial charge is 0.461 e. The minimum Gasteiger partial charge on any atom is -0.461 e. The highest BCUT2D eigenvalue weighted by Crippen LogP contribution is 2.13. The molecule has 0 amide bonds. The standard InChI is InChI=1S/C24H38O3/c1-8-22(23(25)17-21(7)14-10-12-19(4)5)24(26)27-16-15-20(6)13-9-11-18(2)3/h11-12,15,17,22H,8-10,13-14,16H2,1-7H3/b20-15+,21-17+. The van der Waals surface area contributed by atoms with Crippen LogP contribution in [-0.2, 0) is 14.3 Å². The molecule has 0 rings (SSSR count). The third-order valence-corrected chi connectivity index (χ3v) is 4.26. The van der Waals surface area contributed by atoms with Crippen LogP contribution in [0.3, 0.4) is 0 Å². The first-order valence-corrected chi connectivity index (χ1v) is 9.97.